The smallest absolute Gasteiger partial charge is 0.338 e. The Balaban J connectivity index is 1.73. The molecule has 0 radical (unpaired) electrons. The molecule has 0 spiro atoms. The number of nitrogens with zero attached hydrogens (tertiary/aromatic N) is 1. The van der Waals surface area contributed by atoms with Crippen molar-refractivity contribution in [2.24, 2.45) is 0 Å². The van der Waals surface area contributed by atoms with Crippen molar-refractivity contribution in [1.29, 1.82) is 0 Å². The number of rotatable bonds is 5. The first kappa shape index (κ1) is 18.6. The molecular weight excluding hydrogens is 374 g/mol. The van der Waals surface area contributed by atoms with Crippen LogP contribution in [-0.4, -0.2) is 16.1 Å². The highest BCUT2D eigenvalue weighted by Crippen LogP contribution is 2.43. The average Bonchev–Trinajstić information content (AvgIpc) is 3.21. The van der Waals surface area contributed by atoms with E-state index < -0.39 is 5.97 Å². The summed E-state index contributed by atoms with van der Waals surface area (Å²) in [6.07, 6.45) is 7.18. The summed E-state index contributed by atoms with van der Waals surface area (Å²) < 4.78 is 0. The van der Waals surface area contributed by atoms with Crippen molar-refractivity contribution in [3.63, 3.8) is 0 Å². The van der Waals surface area contributed by atoms with Crippen molar-refractivity contribution >= 4 is 29.5 Å². The van der Waals surface area contributed by atoms with Gasteiger partial charge in [-0.2, -0.15) is 0 Å². The number of hydrogen-bond donors (Lipinski definition) is 1. The number of aryl methyl sites for hydroxylation is 1. The van der Waals surface area contributed by atoms with Gasteiger partial charge in [0.25, 0.3) is 0 Å². The lowest BCUT2D eigenvalue weighted by Crippen LogP contribution is -2.17. The SMILES string of the molecule is Cc1ccc(CSc2nc(C3CC=CS3)c3c(c2C(=O)O)CCCC3)cc1. The third-order valence-corrected chi connectivity index (χ3v) is 7.36. The quantitative estimate of drug-likeness (QED) is 0.632. The standard InChI is InChI=1S/C22H23NO2S2/c1-14-8-10-15(11-9-14)13-27-21-19(22(24)25)16-5-2-3-6-17(16)20(23-21)18-7-4-12-26-18/h4,8-12,18H,2-3,5-7,13H2,1H3,(H,24,25). The molecular formula is C22H23NO2S2. The van der Waals surface area contributed by atoms with Crippen LogP contribution in [0.4, 0.5) is 0 Å². The Kier molecular flexibility index (Phi) is 5.60. The summed E-state index contributed by atoms with van der Waals surface area (Å²) in [5, 5.41) is 13.1. The maximum atomic E-state index is 12.1. The highest BCUT2D eigenvalue weighted by atomic mass is 32.2. The van der Waals surface area contributed by atoms with Crippen molar-refractivity contribution in [3.8, 4) is 0 Å². The zero-order chi connectivity index (χ0) is 18.8. The van der Waals surface area contributed by atoms with Gasteiger partial charge in [0.15, 0.2) is 0 Å². The number of carboxylic acid groups (broad SMARTS) is 1. The minimum absolute atomic E-state index is 0.332. The summed E-state index contributed by atoms with van der Waals surface area (Å²) in [5.74, 6) is -0.0993. The largest absolute Gasteiger partial charge is 0.478 e. The summed E-state index contributed by atoms with van der Waals surface area (Å²) >= 11 is 3.37. The zero-order valence-corrected chi connectivity index (χ0v) is 17.0. The number of pyridine rings is 1. The van der Waals surface area contributed by atoms with Crippen molar-refractivity contribution in [2.75, 3.05) is 0 Å². The normalized spacial score (nSPS) is 18.5. The zero-order valence-electron chi connectivity index (χ0n) is 15.4. The molecule has 3 nitrogen and oxygen atoms in total. The summed E-state index contributed by atoms with van der Waals surface area (Å²) in [4.78, 5) is 17.1. The van der Waals surface area contributed by atoms with Gasteiger partial charge in [0.1, 0.15) is 5.03 Å². The topological polar surface area (TPSA) is 50.2 Å². The molecule has 5 heteroatoms. The van der Waals surface area contributed by atoms with E-state index in [-0.39, 0.29) is 0 Å². The van der Waals surface area contributed by atoms with E-state index in [9.17, 15) is 9.90 Å². The number of carboxylic acids is 1. The molecule has 0 bridgehead atoms. The number of fused-ring (bicyclic) bond motifs is 1. The van der Waals surface area contributed by atoms with Gasteiger partial charge in [0.05, 0.1) is 16.5 Å². The molecule has 4 rings (SSSR count). The van der Waals surface area contributed by atoms with Crippen LogP contribution in [0.1, 0.15) is 62.8 Å². The van der Waals surface area contributed by atoms with E-state index in [0.29, 0.717) is 15.8 Å². The van der Waals surface area contributed by atoms with E-state index >= 15 is 0 Å². The molecule has 0 amide bonds. The Bertz CT molecular complexity index is 882. The molecule has 1 aliphatic heterocycles. The molecule has 0 saturated heterocycles. The molecule has 2 aliphatic rings. The van der Waals surface area contributed by atoms with Crippen molar-refractivity contribution in [1.82, 2.24) is 4.98 Å². The third kappa shape index (κ3) is 3.94. The minimum atomic E-state index is -0.837. The van der Waals surface area contributed by atoms with E-state index in [0.717, 1.165) is 49.1 Å². The van der Waals surface area contributed by atoms with Gasteiger partial charge < -0.3 is 5.11 Å². The average molecular weight is 398 g/mol. The third-order valence-electron chi connectivity index (χ3n) is 5.22. The highest BCUT2D eigenvalue weighted by Gasteiger charge is 2.29. The fourth-order valence-electron chi connectivity index (χ4n) is 3.81. The Labute approximate surface area is 168 Å². The molecule has 0 saturated carbocycles. The lowest BCUT2D eigenvalue weighted by molar-refractivity contribution is 0.0690. The first-order chi connectivity index (χ1) is 13.1. The molecule has 1 aliphatic carbocycles. The predicted molar refractivity (Wildman–Crippen MR) is 113 cm³/mol. The second-order valence-electron chi connectivity index (χ2n) is 7.15. The van der Waals surface area contributed by atoms with Crippen LogP contribution in [0.3, 0.4) is 0 Å². The molecule has 1 aromatic carbocycles. The molecule has 0 fully saturated rings. The second-order valence-corrected chi connectivity index (χ2v) is 9.23. The Morgan fingerprint density at radius 1 is 1.22 bits per heavy atom. The summed E-state index contributed by atoms with van der Waals surface area (Å²) in [6.45, 7) is 2.07. The van der Waals surface area contributed by atoms with Gasteiger partial charge in [-0.25, -0.2) is 9.78 Å². The van der Waals surface area contributed by atoms with Crippen LogP contribution in [0.2, 0.25) is 0 Å². The second kappa shape index (κ2) is 8.11. The Morgan fingerprint density at radius 3 is 2.63 bits per heavy atom. The predicted octanol–water partition coefficient (Wildman–Crippen LogP) is 5.95. The molecule has 27 heavy (non-hydrogen) atoms. The van der Waals surface area contributed by atoms with Crippen LogP contribution in [0.5, 0.6) is 0 Å². The van der Waals surface area contributed by atoms with E-state index in [1.54, 1.807) is 11.8 Å². The Hall–Kier alpha value is -1.72. The summed E-state index contributed by atoms with van der Waals surface area (Å²) in [6, 6.07) is 8.42. The van der Waals surface area contributed by atoms with Gasteiger partial charge in [0, 0.05) is 5.75 Å². The van der Waals surface area contributed by atoms with Crippen LogP contribution in [0.15, 0.2) is 40.8 Å². The van der Waals surface area contributed by atoms with Gasteiger partial charge in [0.2, 0.25) is 0 Å². The lowest BCUT2D eigenvalue weighted by atomic mass is 9.87. The molecule has 2 heterocycles. The van der Waals surface area contributed by atoms with Gasteiger partial charge in [-0.15, -0.1) is 23.5 Å². The molecule has 1 aromatic heterocycles. The van der Waals surface area contributed by atoms with Gasteiger partial charge in [-0.1, -0.05) is 35.9 Å². The van der Waals surface area contributed by atoms with Crippen LogP contribution in [0, 0.1) is 6.92 Å². The van der Waals surface area contributed by atoms with Crippen molar-refractivity contribution < 1.29 is 9.90 Å². The fraction of sp³-hybridized carbons (Fsp3) is 0.364. The number of benzene rings is 1. The number of hydrogen-bond acceptors (Lipinski definition) is 4. The minimum Gasteiger partial charge on any atom is -0.478 e. The number of aromatic carboxylic acids is 1. The van der Waals surface area contributed by atoms with Gasteiger partial charge in [-0.3, -0.25) is 0 Å². The number of thioether (sulfide) groups is 2. The molecule has 1 atom stereocenters. The van der Waals surface area contributed by atoms with Crippen molar-refractivity contribution in [2.45, 2.75) is 55.1 Å². The number of carbonyl (C=O) groups is 1. The number of allylic oxidation sites excluding steroid dienone is 1. The maximum absolute atomic E-state index is 12.1. The fourth-order valence-corrected chi connectivity index (χ4v) is 5.79. The van der Waals surface area contributed by atoms with Crippen molar-refractivity contribution in [3.05, 3.63) is 69.3 Å². The van der Waals surface area contributed by atoms with E-state index in [1.807, 2.05) is 11.8 Å². The highest BCUT2D eigenvalue weighted by molar-refractivity contribution is 8.02. The summed E-state index contributed by atoms with van der Waals surface area (Å²) in [5.41, 5.74) is 6.24. The molecule has 140 valence electrons. The van der Waals surface area contributed by atoms with E-state index in [1.165, 1.54) is 16.7 Å². The van der Waals surface area contributed by atoms with E-state index in [4.69, 9.17) is 4.98 Å². The van der Waals surface area contributed by atoms with E-state index in [2.05, 4.69) is 42.7 Å². The molecule has 2 aromatic rings. The summed E-state index contributed by atoms with van der Waals surface area (Å²) in [7, 11) is 0. The first-order valence-corrected chi connectivity index (χ1v) is 11.3. The van der Waals surface area contributed by atoms with Crippen LogP contribution < -0.4 is 0 Å². The Morgan fingerprint density at radius 2 is 1.96 bits per heavy atom. The van der Waals surface area contributed by atoms with Crippen LogP contribution >= 0.6 is 23.5 Å². The van der Waals surface area contributed by atoms with Gasteiger partial charge in [-0.05, 0) is 61.1 Å². The van der Waals surface area contributed by atoms with Crippen LogP contribution in [-0.2, 0) is 18.6 Å². The maximum Gasteiger partial charge on any atom is 0.338 e. The monoisotopic (exact) mass is 397 g/mol. The molecule has 1 unspecified atom stereocenters. The lowest BCUT2D eigenvalue weighted by Gasteiger charge is -2.25. The number of aromatic nitrogens is 1. The van der Waals surface area contributed by atoms with Crippen LogP contribution in [0.25, 0.3) is 0 Å². The van der Waals surface area contributed by atoms with Gasteiger partial charge >= 0.3 is 5.97 Å². The molecule has 1 N–H and O–H groups in total. The first-order valence-electron chi connectivity index (χ1n) is 9.41.